The molecule has 2 heterocycles. The van der Waals surface area contributed by atoms with Crippen molar-refractivity contribution in [2.45, 2.75) is 6.42 Å². The van der Waals surface area contributed by atoms with Crippen molar-refractivity contribution in [1.29, 1.82) is 5.26 Å². The number of hydrogen-bond donors (Lipinski definition) is 1. The number of carbonyl (C=O) groups is 2. The number of benzene rings is 2. The number of aromatic nitrogens is 1. The van der Waals surface area contributed by atoms with Crippen LogP contribution in [0.2, 0.25) is 0 Å². The number of allylic oxidation sites excluding steroid dienone is 1. The summed E-state index contributed by atoms with van der Waals surface area (Å²) in [6, 6.07) is 16.0. The molecule has 4 rings (SSSR count). The summed E-state index contributed by atoms with van der Waals surface area (Å²) < 4.78 is 0.911. The number of aliphatic hydroxyl groups is 1. The van der Waals surface area contributed by atoms with Crippen molar-refractivity contribution in [3.8, 4) is 6.07 Å². The molecular formula is C20H13N3O3S. The maximum Gasteiger partial charge on any atom is 0.261 e. The van der Waals surface area contributed by atoms with Gasteiger partial charge >= 0.3 is 0 Å². The first-order valence-corrected chi connectivity index (χ1v) is 9.05. The fourth-order valence-corrected chi connectivity index (χ4v) is 3.98. The fraction of sp³-hybridized carbons (Fsp3) is 0.100. The first kappa shape index (κ1) is 16.9. The van der Waals surface area contributed by atoms with E-state index >= 15 is 0 Å². The van der Waals surface area contributed by atoms with Crippen LogP contribution < -0.4 is 0 Å². The zero-order valence-electron chi connectivity index (χ0n) is 14.0. The Morgan fingerprint density at radius 3 is 2.33 bits per heavy atom. The molecule has 3 aromatic rings. The number of carbonyl (C=O) groups excluding carboxylic acids is 2. The van der Waals surface area contributed by atoms with Crippen LogP contribution in [0.15, 0.2) is 54.3 Å². The second-order valence-electron chi connectivity index (χ2n) is 5.98. The predicted molar refractivity (Wildman–Crippen MR) is 101 cm³/mol. The molecule has 0 fully saturated rings. The van der Waals surface area contributed by atoms with Gasteiger partial charge in [0, 0.05) is 13.0 Å². The molecule has 1 aliphatic heterocycles. The summed E-state index contributed by atoms with van der Waals surface area (Å²) in [6.07, 6.45) is -0.00964. The Balaban J connectivity index is 1.57. The molecular weight excluding hydrogens is 362 g/mol. The molecule has 0 saturated carbocycles. The van der Waals surface area contributed by atoms with E-state index < -0.39 is 0 Å². The molecule has 0 spiro atoms. The van der Waals surface area contributed by atoms with E-state index in [-0.39, 0.29) is 36.1 Å². The Morgan fingerprint density at radius 2 is 1.70 bits per heavy atom. The lowest BCUT2D eigenvalue weighted by Gasteiger charge is -2.13. The average Bonchev–Trinajstić information content (AvgIpc) is 3.21. The number of aliphatic hydroxyl groups excluding tert-OH is 1. The highest BCUT2D eigenvalue weighted by Gasteiger charge is 2.34. The Hall–Kier alpha value is -3.50. The van der Waals surface area contributed by atoms with Crippen LogP contribution in [0, 0.1) is 11.3 Å². The van der Waals surface area contributed by atoms with Gasteiger partial charge in [-0.3, -0.25) is 14.5 Å². The lowest BCUT2D eigenvalue weighted by molar-refractivity contribution is 0.0653. The molecule has 1 aliphatic rings. The van der Waals surface area contributed by atoms with Crippen molar-refractivity contribution in [3.05, 3.63) is 70.4 Å². The molecule has 132 valence electrons. The van der Waals surface area contributed by atoms with Gasteiger partial charge in [0.15, 0.2) is 0 Å². The van der Waals surface area contributed by atoms with Crippen molar-refractivity contribution in [3.63, 3.8) is 0 Å². The second kappa shape index (κ2) is 6.67. The van der Waals surface area contributed by atoms with E-state index in [1.54, 1.807) is 24.3 Å². The average molecular weight is 375 g/mol. The molecule has 2 aromatic carbocycles. The lowest BCUT2D eigenvalue weighted by atomic mass is 10.1. The molecule has 27 heavy (non-hydrogen) atoms. The summed E-state index contributed by atoms with van der Waals surface area (Å²) in [7, 11) is 0. The highest BCUT2D eigenvalue weighted by Crippen LogP contribution is 2.29. The van der Waals surface area contributed by atoms with Gasteiger partial charge in [0.1, 0.15) is 22.4 Å². The van der Waals surface area contributed by atoms with Gasteiger partial charge in [0.05, 0.1) is 21.3 Å². The van der Waals surface area contributed by atoms with Crippen LogP contribution >= 0.6 is 11.3 Å². The third-order valence-electron chi connectivity index (χ3n) is 4.36. The molecule has 0 unspecified atom stereocenters. The maximum atomic E-state index is 12.4. The topological polar surface area (TPSA) is 94.3 Å². The van der Waals surface area contributed by atoms with Crippen LogP contribution in [0.5, 0.6) is 0 Å². The first-order valence-electron chi connectivity index (χ1n) is 8.23. The van der Waals surface area contributed by atoms with Crippen LogP contribution in [0.25, 0.3) is 15.8 Å². The summed E-state index contributed by atoms with van der Waals surface area (Å²) in [6.45, 7) is -0.00570. The number of amides is 2. The molecule has 0 radical (unpaired) electrons. The standard InChI is InChI=1S/C20H13N3O3S/c21-11-14(18-22-15-7-3-4-8-17(15)27-18)16(24)9-10-23-19(25)12-5-1-2-6-13(12)20(23)26/h1-8,24H,9-10H2/b16-14-. The summed E-state index contributed by atoms with van der Waals surface area (Å²) in [5.41, 5.74) is 1.53. The number of nitrogens with zero attached hydrogens (tertiary/aromatic N) is 3. The van der Waals surface area contributed by atoms with Crippen LogP contribution in [-0.2, 0) is 0 Å². The summed E-state index contributed by atoms with van der Waals surface area (Å²) in [4.78, 5) is 30.2. The summed E-state index contributed by atoms with van der Waals surface area (Å²) >= 11 is 1.31. The number of thiazole rings is 1. The van der Waals surface area contributed by atoms with Crippen molar-refractivity contribution in [2.24, 2.45) is 0 Å². The second-order valence-corrected chi connectivity index (χ2v) is 7.01. The molecule has 2 amide bonds. The fourth-order valence-electron chi connectivity index (χ4n) is 3.00. The highest BCUT2D eigenvalue weighted by molar-refractivity contribution is 7.19. The van der Waals surface area contributed by atoms with Crippen molar-refractivity contribution in [1.82, 2.24) is 9.88 Å². The molecule has 0 aliphatic carbocycles. The number of imide groups is 1. The van der Waals surface area contributed by atoms with Crippen molar-refractivity contribution >= 4 is 38.9 Å². The highest BCUT2D eigenvalue weighted by atomic mass is 32.1. The number of rotatable bonds is 4. The maximum absolute atomic E-state index is 12.4. The number of para-hydroxylation sites is 1. The van der Waals surface area contributed by atoms with E-state index in [1.165, 1.54) is 11.3 Å². The molecule has 0 bridgehead atoms. The van der Waals surface area contributed by atoms with Crippen molar-refractivity contribution < 1.29 is 14.7 Å². The van der Waals surface area contributed by atoms with E-state index in [0.717, 1.165) is 15.1 Å². The monoisotopic (exact) mass is 375 g/mol. The molecule has 0 atom stereocenters. The van der Waals surface area contributed by atoms with E-state index in [9.17, 15) is 20.0 Å². The van der Waals surface area contributed by atoms with E-state index in [0.29, 0.717) is 16.1 Å². The minimum absolute atomic E-state index is 0.00570. The quantitative estimate of drug-likeness (QED) is 0.425. The van der Waals surface area contributed by atoms with Gasteiger partial charge in [-0.2, -0.15) is 5.26 Å². The van der Waals surface area contributed by atoms with Gasteiger partial charge in [0.25, 0.3) is 11.8 Å². The van der Waals surface area contributed by atoms with E-state index in [2.05, 4.69) is 4.98 Å². The minimum Gasteiger partial charge on any atom is -0.511 e. The minimum atomic E-state index is -0.387. The molecule has 7 heteroatoms. The smallest absolute Gasteiger partial charge is 0.261 e. The molecule has 0 saturated heterocycles. The number of nitriles is 1. The van der Waals surface area contributed by atoms with Gasteiger partial charge in [-0.15, -0.1) is 11.3 Å². The van der Waals surface area contributed by atoms with Gasteiger partial charge in [-0.05, 0) is 24.3 Å². The first-order chi connectivity index (χ1) is 13.1. The van der Waals surface area contributed by atoms with Gasteiger partial charge in [0.2, 0.25) is 0 Å². The van der Waals surface area contributed by atoms with Gasteiger partial charge in [-0.25, -0.2) is 4.98 Å². The van der Waals surface area contributed by atoms with E-state index in [1.807, 2.05) is 30.3 Å². The lowest BCUT2D eigenvalue weighted by Crippen LogP contribution is -2.31. The Bertz CT molecular complexity index is 1090. The largest absolute Gasteiger partial charge is 0.511 e. The van der Waals surface area contributed by atoms with E-state index in [4.69, 9.17) is 0 Å². The molecule has 6 nitrogen and oxygen atoms in total. The zero-order valence-corrected chi connectivity index (χ0v) is 14.9. The summed E-state index contributed by atoms with van der Waals surface area (Å²) in [5.74, 6) is -0.961. The Morgan fingerprint density at radius 1 is 1.07 bits per heavy atom. The molecule has 1 aromatic heterocycles. The van der Waals surface area contributed by atoms with Crippen LogP contribution in [-0.4, -0.2) is 33.3 Å². The van der Waals surface area contributed by atoms with Crippen LogP contribution in [0.4, 0.5) is 0 Å². The molecule has 1 N–H and O–H groups in total. The van der Waals surface area contributed by atoms with Gasteiger partial charge in [-0.1, -0.05) is 24.3 Å². The van der Waals surface area contributed by atoms with Gasteiger partial charge < -0.3 is 5.11 Å². The Labute approximate surface area is 158 Å². The normalized spacial score (nSPS) is 14.3. The third kappa shape index (κ3) is 2.86. The summed E-state index contributed by atoms with van der Waals surface area (Å²) in [5, 5.41) is 20.3. The predicted octanol–water partition coefficient (Wildman–Crippen LogP) is 3.78. The number of fused-ring (bicyclic) bond motifs is 2. The Kier molecular flexibility index (Phi) is 4.18. The zero-order chi connectivity index (χ0) is 19.0. The number of hydrogen-bond acceptors (Lipinski definition) is 6. The van der Waals surface area contributed by atoms with Crippen LogP contribution in [0.3, 0.4) is 0 Å². The van der Waals surface area contributed by atoms with Crippen molar-refractivity contribution in [2.75, 3.05) is 6.54 Å². The third-order valence-corrected chi connectivity index (χ3v) is 5.41. The van der Waals surface area contributed by atoms with Crippen LogP contribution in [0.1, 0.15) is 32.1 Å². The SMILES string of the molecule is N#C/C(=C(/O)CCN1C(=O)c2ccccc2C1=O)c1nc2ccccc2s1.